The molecule has 2 fully saturated rings. The highest BCUT2D eigenvalue weighted by molar-refractivity contribution is 6.01. The molecule has 28 heavy (non-hydrogen) atoms. The lowest BCUT2D eigenvalue weighted by Crippen LogP contribution is -2.47. The maximum Gasteiger partial charge on any atom is 0.303 e. The van der Waals surface area contributed by atoms with E-state index in [1.54, 1.807) is 4.90 Å². The van der Waals surface area contributed by atoms with E-state index in [1.807, 2.05) is 0 Å². The molecule has 0 radical (unpaired) electrons. The molecule has 1 unspecified atom stereocenters. The number of carboxylic acids is 1. The third kappa shape index (κ3) is 5.09. The first-order valence-corrected chi connectivity index (χ1v) is 8.89. The van der Waals surface area contributed by atoms with Gasteiger partial charge in [-0.25, -0.2) is 8.78 Å². The first-order valence-electron chi connectivity index (χ1n) is 8.89. The number of nitrogens with one attached hydrogen (secondary N) is 2. The summed E-state index contributed by atoms with van der Waals surface area (Å²) in [6, 6.07) is 1.54. The fourth-order valence-electron chi connectivity index (χ4n) is 3.59. The number of amides is 2. The minimum atomic E-state index is -0.866. The lowest BCUT2D eigenvalue weighted by Gasteiger charge is -2.33. The maximum absolute atomic E-state index is 14.5. The molecule has 0 saturated carbocycles. The summed E-state index contributed by atoms with van der Waals surface area (Å²) in [6.45, 7) is 0.761. The number of carbonyl (C=O) groups is 3. The van der Waals surface area contributed by atoms with Crippen molar-refractivity contribution >= 4 is 41.6 Å². The highest BCUT2D eigenvalue weighted by atomic mass is 35.5. The van der Waals surface area contributed by atoms with Crippen molar-refractivity contribution in [2.24, 2.45) is 5.92 Å². The van der Waals surface area contributed by atoms with Crippen LogP contribution in [0.4, 0.5) is 20.2 Å². The largest absolute Gasteiger partial charge is 0.481 e. The van der Waals surface area contributed by atoms with Gasteiger partial charge in [-0.3, -0.25) is 19.7 Å². The third-order valence-electron chi connectivity index (χ3n) is 4.99. The van der Waals surface area contributed by atoms with Crippen molar-refractivity contribution in [2.75, 3.05) is 23.3 Å². The van der Waals surface area contributed by atoms with Crippen LogP contribution in [0.15, 0.2) is 12.1 Å². The SMILES string of the molecule is Cl.O=C(O)CC1CCN(c2c(F)cc(NC3CCC(=O)NC3=O)cc2F)CC1. The number of nitrogens with zero attached hydrogens (tertiary/aromatic N) is 1. The Labute approximate surface area is 166 Å². The average molecular weight is 418 g/mol. The Kier molecular flexibility index (Phi) is 7.17. The number of hydrogen-bond donors (Lipinski definition) is 3. The van der Waals surface area contributed by atoms with Gasteiger partial charge < -0.3 is 15.3 Å². The molecular formula is C18H22ClF2N3O4. The zero-order valence-electron chi connectivity index (χ0n) is 15.0. The molecule has 2 heterocycles. The zero-order chi connectivity index (χ0) is 19.6. The van der Waals surface area contributed by atoms with Crippen LogP contribution < -0.4 is 15.5 Å². The first kappa shape index (κ1) is 21.9. The number of carboxylic acid groups (broad SMARTS) is 1. The Balaban J connectivity index is 0.00000280. The van der Waals surface area contributed by atoms with E-state index in [1.165, 1.54) is 0 Å². The first-order chi connectivity index (χ1) is 12.8. The van der Waals surface area contributed by atoms with Crippen LogP contribution in [0.1, 0.15) is 32.1 Å². The smallest absolute Gasteiger partial charge is 0.303 e. The lowest BCUT2D eigenvalue weighted by molar-refractivity contribution is -0.138. The Morgan fingerprint density at radius 1 is 1.18 bits per heavy atom. The van der Waals surface area contributed by atoms with Crippen molar-refractivity contribution in [3.63, 3.8) is 0 Å². The predicted molar refractivity (Wildman–Crippen MR) is 101 cm³/mol. The van der Waals surface area contributed by atoms with Gasteiger partial charge in [0.1, 0.15) is 11.7 Å². The molecule has 2 aliphatic heterocycles. The second kappa shape index (κ2) is 9.18. The monoisotopic (exact) mass is 417 g/mol. The van der Waals surface area contributed by atoms with Crippen LogP contribution >= 0.6 is 12.4 Å². The molecule has 1 aromatic carbocycles. The number of benzene rings is 1. The number of imide groups is 1. The Hall–Kier alpha value is -2.42. The van der Waals surface area contributed by atoms with Crippen LogP contribution in [0, 0.1) is 17.6 Å². The molecule has 3 rings (SSSR count). The van der Waals surface area contributed by atoms with Crippen molar-refractivity contribution in [3.05, 3.63) is 23.8 Å². The summed E-state index contributed by atoms with van der Waals surface area (Å²) >= 11 is 0. The maximum atomic E-state index is 14.5. The summed E-state index contributed by atoms with van der Waals surface area (Å²) in [5.41, 5.74) is -0.0124. The van der Waals surface area contributed by atoms with Gasteiger partial charge in [0.05, 0.1) is 0 Å². The van der Waals surface area contributed by atoms with E-state index in [9.17, 15) is 23.2 Å². The normalized spacial score (nSPS) is 20.4. The van der Waals surface area contributed by atoms with Crippen molar-refractivity contribution in [2.45, 2.75) is 38.1 Å². The number of carbonyl (C=O) groups excluding carboxylic acids is 2. The standard InChI is InChI=1S/C18H21F2N3O4.ClH/c19-12-8-11(21-14-1-2-15(24)22-18(14)27)9-13(20)17(12)23-5-3-10(4-6-23)7-16(25)26;/h8-10,14,21H,1-7H2,(H,25,26)(H,22,24,27);1H. The molecule has 2 saturated heterocycles. The third-order valence-corrected chi connectivity index (χ3v) is 4.99. The fourth-order valence-corrected chi connectivity index (χ4v) is 3.59. The van der Waals surface area contributed by atoms with Gasteiger partial charge in [0, 0.05) is 31.6 Å². The highest BCUT2D eigenvalue weighted by Crippen LogP contribution is 2.31. The Morgan fingerprint density at radius 2 is 1.79 bits per heavy atom. The van der Waals surface area contributed by atoms with E-state index in [0.717, 1.165) is 12.1 Å². The molecule has 0 spiro atoms. The molecule has 10 heteroatoms. The molecule has 1 atom stereocenters. The number of rotatable bonds is 5. The van der Waals surface area contributed by atoms with Gasteiger partial charge >= 0.3 is 5.97 Å². The predicted octanol–water partition coefficient (Wildman–Crippen LogP) is 2.29. The van der Waals surface area contributed by atoms with Crippen LogP contribution in [0.5, 0.6) is 0 Å². The van der Waals surface area contributed by atoms with Gasteiger partial charge in [-0.1, -0.05) is 0 Å². The van der Waals surface area contributed by atoms with Crippen LogP contribution in [0.2, 0.25) is 0 Å². The molecule has 0 aromatic heterocycles. The van der Waals surface area contributed by atoms with Crippen molar-refractivity contribution in [1.29, 1.82) is 0 Å². The number of hydrogen-bond acceptors (Lipinski definition) is 5. The summed E-state index contributed by atoms with van der Waals surface area (Å²) in [4.78, 5) is 35.3. The van der Waals surface area contributed by atoms with E-state index < -0.39 is 29.6 Å². The van der Waals surface area contributed by atoms with Gasteiger partial charge in [-0.15, -0.1) is 12.4 Å². The molecule has 3 N–H and O–H groups in total. The van der Waals surface area contributed by atoms with Gasteiger partial charge in [0.2, 0.25) is 11.8 Å². The lowest BCUT2D eigenvalue weighted by atomic mass is 9.93. The summed E-state index contributed by atoms with van der Waals surface area (Å²) in [7, 11) is 0. The molecule has 2 amide bonds. The van der Waals surface area contributed by atoms with E-state index in [0.29, 0.717) is 25.9 Å². The van der Waals surface area contributed by atoms with Crippen molar-refractivity contribution in [1.82, 2.24) is 5.32 Å². The summed E-state index contributed by atoms with van der Waals surface area (Å²) in [6.07, 6.45) is 1.60. The topological polar surface area (TPSA) is 98.7 Å². The minimum Gasteiger partial charge on any atom is -0.481 e. The average Bonchev–Trinajstić information content (AvgIpc) is 2.58. The number of piperidine rings is 2. The van der Waals surface area contributed by atoms with Gasteiger partial charge in [-0.2, -0.15) is 0 Å². The van der Waals surface area contributed by atoms with Crippen molar-refractivity contribution < 1.29 is 28.3 Å². The second-order valence-electron chi connectivity index (χ2n) is 6.96. The Bertz CT molecular complexity index is 746. The summed E-state index contributed by atoms with van der Waals surface area (Å²) in [5, 5.41) is 13.8. The molecule has 7 nitrogen and oxygen atoms in total. The van der Waals surface area contributed by atoms with Gasteiger partial charge in [0.25, 0.3) is 0 Å². The van der Waals surface area contributed by atoms with Crippen molar-refractivity contribution in [3.8, 4) is 0 Å². The molecule has 0 aliphatic carbocycles. The quantitative estimate of drug-likeness (QED) is 0.636. The van der Waals surface area contributed by atoms with E-state index in [4.69, 9.17) is 5.11 Å². The summed E-state index contributed by atoms with van der Waals surface area (Å²) in [5.74, 6) is -3.23. The van der Waals surface area contributed by atoms with Crippen LogP contribution in [-0.2, 0) is 14.4 Å². The fraction of sp³-hybridized carbons (Fsp3) is 0.500. The van der Waals surface area contributed by atoms with E-state index >= 15 is 0 Å². The number of aliphatic carboxylic acids is 1. The number of halogens is 3. The second-order valence-corrected chi connectivity index (χ2v) is 6.96. The molecule has 1 aromatic rings. The molecule has 2 aliphatic rings. The number of anilines is 2. The van der Waals surface area contributed by atoms with Crippen LogP contribution in [0.25, 0.3) is 0 Å². The minimum absolute atomic E-state index is 0. The van der Waals surface area contributed by atoms with E-state index in [2.05, 4.69) is 10.6 Å². The van der Waals surface area contributed by atoms with Gasteiger partial charge in [0.15, 0.2) is 11.6 Å². The molecular weight excluding hydrogens is 396 g/mol. The van der Waals surface area contributed by atoms with Crippen LogP contribution in [-0.4, -0.2) is 42.0 Å². The van der Waals surface area contributed by atoms with E-state index in [-0.39, 0.29) is 54.9 Å². The summed E-state index contributed by atoms with van der Waals surface area (Å²) < 4.78 is 29.1. The highest BCUT2D eigenvalue weighted by Gasteiger charge is 2.28. The van der Waals surface area contributed by atoms with Crippen LogP contribution in [0.3, 0.4) is 0 Å². The molecule has 0 bridgehead atoms. The molecule has 154 valence electrons. The van der Waals surface area contributed by atoms with Gasteiger partial charge in [-0.05, 0) is 37.3 Å². The zero-order valence-corrected chi connectivity index (χ0v) is 15.9. The Morgan fingerprint density at radius 3 is 2.32 bits per heavy atom.